The lowest BCUT2D eigenvalue weighted by molar-refractivity contribution is -0.119. The molecule has 0 atom stereocenters. The molecule has 1 aromatic carbocycles. The van der Waals surface area contributed by atoms with Crippen LogP contribution >= 0.6 is 11.3 Å². The van der Waals surface area contributed by atoms with Gasteiger partial charge in [0.15, 0.2) is 5.13 Å². The van der Waals surface area contributed by atoms with Crippen LogP contribution in [0.4, 0.5) is 10.1 Å². The van der Waals surface area contributed by atoms with Crippen LogP contribution in [0.15, 0.2) is 18.2 Å². The minimum absolute atomic E-state index is 0.00760. The Hall–Kier alpha value is -1.92. The summed E-state index contributed by atoms with van der Waals surface area (Å²) in [4.78, 5) is 15.9. The highest BCUT2D eigenvalue weighted by Crippen LogP contribution is 2.35. The van der Waals surface area contributed by atoms with Crippen LogP contribution in [0, 0.1) is 0 Å². The molecule has 3 rings (SSSR count). The Morgan fingerprint density at radius 1 is 1.43 bits per heavy atom. The lowest BCUT2D eigenvalue weighted by atomic mass is 10.0. The van der Waals surface area contributed by atoms with Crippen molar-refractivity contribution in [1.82, 2.24) is 4.98 Å². The van der Waals surface area contributed by atoms with E-state index >= 15 is 0 Å². The number of carbonyl (C=O) groups excluding carboxylic acids is 1. The van der Waals surface area contributed by atoms with E-state index in [-0.39, 0.29) is 12.5 Å². The number of nitrogens with two attached hydrogens (primary N) is 1. The van der Waals surface area contributed by atoms with E-state index in [1.165, 1.54) is 36.0 Å². The largest absolute Gasteiger partial charge is 0.389 e. The molecule has 0 bridgehead atoms. The van der Waals surface area contributed by atoms with Crippen molar-refractivity contribution in [3.05, 3.63) is 29.3 Å². The van der Waals surface area contributed by atoms with E-state index in [2.05, 4.69) is 28.5 Å². The third kappa shape index (κ3) is 2.91. The number of carbonyl (C=O) groups is 1. The number of fused-ring (bicyclic) bond motifs is 1. The number of aromatic nitrogens is 1. The number of methoxy groups -OCH3 is 1. The van der Waals surface area contributed by atoms with Gasteiger partial charge in [0.05, 0.1) is 0 Å². The van der Waals surface area contributed by atoms with Crippen molar-refractivity contribution in [3.8, 4) is 11.3 Å². The second-order valence-electron chi connectivity index (χ2n) is 5.05. The molecule has 0 aliphatic heterocycles. The number of aryl methyl sites for hydroxylation is 2. The lowest BCUT2D eigenvalue weighted by Crippen LogP contribution is -2.16. The average Bonchev–Trinajstić information content (AvgIpc) is 3.04. The number of hydrogen-bond acceptors (Lipinski definition) is 5. The summed E-state index contributed by atoms with van der Waals surface area (Å²) in [5.41, 5.74) is 10.6. The number of nitrogens with one attached hydrogen (secondary N) is 1. The van der Waals surface area contributed by atoms with E-state index in [0.717, 1.165) is 24.1 Å². The summed E-state index contributed by atoms with van der Waals surface area (Å²) < 4.78 is 4.78. The van der Waals surface area contributed by atoms with E-state index in [4.69, 9.17) is 10.5 Å². The molecule has 0 fully saturated rings. The van der Waals surface area contributed by atoms with Crippen LogP contribution in [0.3, 0.4) is 0 Å². The molecular formula is C15H17N3O2S. The second kappa shape index (κ2) is 5.83. The van der Waals surface area contributed by atoms with Crippen molar-refractivity contribution in [2.45, 2.75) is 19.3 Å². The SMILES string of the molecule is COCC(=O)Nc1nc(-c2ccc3c(c2)CCC3)c(N)s1. The number of thiazole rings is 1. The fraction of sp³-hybridized carbons (Fsp3) is 0.333. The predicted molar refractivity (Wildman–Crippen MR) is 84.5 cm³/mol. The molecular weight excluding hydrogens is 286 g/mol. The van der Waals surface area contributed by atoms with Gasteiger partial charge in [0.25, 0.3) is 5.91 Å². The van der Waals surface area contributed by atoms with Crippen LogP contribution in [-0.2, 0) is 22.4 Å². The Kier molecular flexibility index (Phi) is 3.90. The van der Waals surface area contributed by atoms with Crippen LogP contribution in [0.1, 0.15) is 17.5 Å². The minimum Gasteiger partial charge on any atom is -0.389 e. The van der Waals surface area contributed by atoms with Gasteiger partial charge in [0, 0.05) is 12.7 Å². The maximum atomic E-state index is 11.5. The van der Waals surface area contributed by atoms with Crippen molar-refractivity contribution in [2.75, 3.05) is 24.8 Å². The molecule has 1 aliphatic carbocycles. The van der Waals surface area contributed by atoms with E-state index in [0.29, 0.717) is 10.1 Å². The highest BCUT2D eigenvalue weighted by Gasteiger charge is 2.16. The van der Waals surface area contributed by atoms with E-state index in [9.17, 15) is 4.79 Å². The van der Waals surface area contributed by atoms with Gasteiger partial charge in [-0.3, -0.25) is 10.1 Å². The number of amides is 1. The van der Waals surface area contributed by atoms with Crippen LogP contribution < -0.4 is 11.1 Å². The fourth-order valence-electron chi connectivity index (χ4n) is 2.60. The number of nitrogens with zero attached hydrogens (tertiary/aromatic N) is 1. The van der Waals surface area contributed by atoms with Gasteiger partial charge in [-0.05, 0) is 36.5 Å². The molecule has 0 unspecified atom stereocenters. The van der Waals surface area contributed by atoms with Crippen LogP contribution in [0.5, 0.6) is 0 Å². The summed E-state index contributed by atoms with van der Waals surface area (Å²) in [5, 5.41) is 3.81. The highest BCUT2D eigenvalue weighted by atomic mass is 32.1. The average molecular weight is 303 g/mol. The molecule has 0 spiro atoms. The number of rotatable bonds is 4. The first-order chi connectivity index (χ1) is 10.2. The first-order valence-corrected chi connectivity index (χ1v) is 7.66. The molecule has 21 heavy (non-hydrogen) atoms. The molecule has 0 saturated heterocycles. The predicted octanol–water partition coefficient (Wildman–Crippen LogP) is 2.47. The Labute approximate surface area is 127 Å². The summed E-state index contributed by atoms with van der Waals surface area (Å²) in [5.74, 6) is -0.230. The first-order valence-electron chi connectivity index (χ1n) is 6.84. The molecule has 6 heteroatoms. The van der Waals surface area contributed by atoms with Crippen molar-refractivity contribution in [3.63, 3.8) is 0 Å². The van der Waals surface area contributed by atoms with Crippen molar-refractivity contribution < 1.29 is 9.53 Å². The minimum atomic E-state index is -0.230. The molecule has 1 heterocycles. The number of nitrogen functional groups attached to an aromatic ring is 1. The fourth-order valence-corrected chi connectivity index (χ4v) is 3.37. The van der Waals surface area contributed by atoms with Gasteiger partial charge in [-0.1, -0.05) is 23.5 Å². The Balaban J connectivity index is 1.85. The monoisotopic (exact) mass is 303 g/mol. The zero-order chi connectivity index (χ0) is 14.8. The Morgan fingerprint density at radius 3 is 3.05 bits per heavy atom. The number of hydrogen-bond donors (Lipinski definition) is 2. The topological polar surface area (TPSA) is 77.2 Å². The molecule has 1 amide bonds. The summed E-state index contributed by atoms with van der Waals surface area (Å²) in [6, 6.07) is 6.37. The van der Waals surface area contributed by atoms with E-state index < -0.39 is 0 Å². The van der Waals surface area contributed by atoms with E-state index in [1.54, 1.807) is 0 Å². The van der Waals surface area contributed by atoms with Crippen molar-refractivity contribution >= 4 is 27.4 Å². The molecule has 110 valence electrons. The molecule has 1 aliphatic rings. The third-order valence-electron chi connectivity index (χ3n) is 3.55. The highest BCUT2D eigenvalue weighted by molar-refractivity contribution is 7.20. The van der Waals surface area contributed by atoms with Crippen LogP contribution in [0.25, 0.3) is 11.3 Å². The van der Waals surface area contributed by atoms with Gasteiger partial charge in [-0.25, -0.2) is 4.98 Å². The van der Waals surface area contributed by atoms with E-state index in [1.807, 2.05) is 0 Å². The van der Waals surface area contributed by atoms with Gasteiger partial charge in [0.2, 0.25) is 0 Å². The standard InChI is InChI=1S/C15H17N3O2S/c1-20-8-12(19)17-15-18-13(14(16)21-15)11-6-5-9-3-2-4-10(9)7-11/h5-7H,2-4,8,16H2,1H3,(H,17,18,19). The molecule has 0 saturated carbocycles. The molecule has 1 aromatic heterocycles. The van der Waals surface area contributed by atoms with Crippen molar-refractivity contribution in [2.24, 2.45) is 0 Å². The summed E-state index contributed by atoms with van der Waals surface area (Å²) in [6.45, 7) is 0.00760. The maximum Gasteiger partial charge on any atom is 0.252 e. The van der Waals surface area contributed by atoms with Crippen LogP contribution in [0.2, 0.25) is 0 Å². The summed E-state index contributed by atoms with van der Waals surface area (Å²) in [7, 11) is 1.48. The second-order valence-corrected chi connectivity index (χ2v) is 6.08. The van der Waals surface area contributed by atoms with Gasteiger partial charge < -0.3 is 10.5 Å². The normalized spacial score (nSPS) is 13.2. The molecule has 3 N–H and O–H groups in total. The number of ether oxygens (including phenoxy) is 1. The van der Waals surface area contributed by atoms with Gasteiger partial charge in [-0.15, -0.1) is 0 Å². The Morgan fingerprint density at radius 2 is 2.24 bits per heavy atom. The zero-order valence-corrected chi connectivity index (χ0v) is 12.6. The quantitative estimate of drug-likeness (QED) is 0.909. The van der Waals surface area contributed by atoms with Crippen molar-refractivity contribution in [1.29, 1.82) is 0 Å². The zero-order valence-electron chi connectivity index (χ0n) is 11.8. The Bertz CT molecular complexity index is 682. The summed E-state index contributed by atoms with van der Waals surface area (Å²) in [6.07, 6.45) is 3.48. The molecule has 5 nitrogen and oxygen atoms in total. The third-order valence-corrected chi connectivity index (χ3v) is 4.35. The van der Waals surface area contributed by atoms with Gasteiger partial charge in [0.1, 0.15) is 17.3 Å². The first kappa shape index (κ1) is 14.0. The number of anilines is 2. The smallest absolute Gasteiger partial charge is 0.252 e. The maximum absolute atomic E-state index is 11.5. The lowest BCUT2D eigenvalue weighted by Gasteiger charge is -2.03. The van der Waals surface area contributed by atoms with Crippen LogP contribution in [-0.4, -0.2) is 24.6 Å². The van der Waals surface area contributed by atoms with Gasteiger partial charge in [-0.2, -0.15) is 0 Å². The molecule has 0 radical (unpaired) electrons. The number of benzene rings is 1. The van der Waals surface area contributed by atoms with Gasteiger partial charge >= 0.3 is 0 Å². The molecule has 2 aromatic rings. The summed E-state index contributed by atoms with van der Waals surface area (Å²) >= 11 is 1.28.